The molecule has 0 aliphatic rings. The highest BCUT2D eigenvalue weighted by Crippen LogP contribution is 2.30. The number of nitrogens with two attached hydrogens (primary N) is 1. The van der Waals surface area contributed by atoms with Crippen molar-refractivity contribution in [2.45, 2.75) is 38.6 Å². The highest BCUT2D eigenvalue weighted by Gasteiger charge is 2.25. The lowest BCUT2D eigenvalue weighted by Gasteiger charge is -2.26. The zero-order valence-corrected chi connectivity index (χ0v) is 20.4. The normalized spacial score (nSPS) is 11.2. The van der Waals surface area contributed by atoms with E-state index in [1.165, 1.54) is 12.3 Å². The lowest BCUT2D eigenvalue weighted by molar-refractivity contribution is 0.0999. The monoisotopic (exact) mass is 509 g/mol. The van der Waals surface area contributed by atoms with E-state index in [4.69, 9.17) is 10.5 Å². The van der Waals surface area contributed by atoms with Gasteiger partial charge in [-0.15, -0.1) is 0 Å². The number of nitrogens with zero attached hydrogens (tertiary/aromatic N) is 2. The Kier molecular flexibility index (Phi) is 8.64. The second-order valence-corrected chi connectivity index (χ2v) is 10.2. The molecule has 1 amide bonds. The highest BCUT2D eigenvalue weighted by atomic mass is 79.9. The quantitative estimate of drug-likeness (QED) is 0.457. The minimum absolute atomic E-state index is 0.00639. The standard InChI is InChI=1S/C22H28BrN3O4S/c1-5-9-31(28,29)20-11-16(21(24)27)12-25-22(20)26(6-2)13-17-10-18(23)7-8-19(17)30-14-15(3)4/h7-8,10-12H,3,5-6,9,13-14H2,1-2,4H3,(H2,24,27). The molecule has 0 bridgehead atoms. The summed E-state index contributed by atoms with van der Waals surface area (Å²) in [5, 5.41) is 0. The van der Waals surface area contributed by atoms with Crippen molar-refractivity contribution in [3.8, 4) is 5.75 Å². The minimum Gasteiger partial charge on any atom is -0.489 e. The van der Waals surface area contributed by atoms with Crippen molar-refractivity contribution in [2.75, 3.05) is 23.8 Å². The van der Waals surface area contributed by atoms with Crippen LogP contribution in [0.3, 0.4) is 0 Å². The van der Waals surface area contributed by atoms with Crippen LogP contribution in [-0.4, -0.2) is 38.2 Å². The van der Waals surface area contributed by atoms with E-state index in [0.29, 0.717) is 31.9 Å². The molecular formula is C22H28BrN3O4S. The van der Waals surface area contributed by atoms with E-state index in [2.05, 4.69) is 27.5 Å². The third kappa shape index (κ3) is 6.54. The third-order valence-electron chi connectivity index (χ3n) is 4.46. The molecule has 0 aliphatic carbocycles. The Morgan fingerprint density at radius 2 is 2.00 bits per heavy atom. The number of ether oxygens (including phenoxy) is 1. The largest absolute Gasteiger partial charge is 0.489 e. The van der Waals surface area contributed by atoms with Crippen LogP contribution in [0.5, 0.6) is 5.75 Å². The number of hydrogen-bond donors (Lipinski definition) is 1. The average molecular weight is 510 g/mol. The molecule has 168 valence electrons. The highest BCUT2D eigenvalue weighted by molar-refractivity contribution is 9.10. The van der Waals surface area contributed by atoms with Gasteiger partial charge >= 0.3 is 0 Å². The number of amides is 1. The molecule has 0 spiro atoms. The van der Waals surface area contributed by atoms with Crippen molar-refractivity contribution in [1.82, 2.24) is 4.98 Å². The van der Waals surface area contributed by atoms with Crippen LogP contribution in [0.15, 0.2) is 52.0 Å². The smallest absolute Gasteiger partial charge is 0.250 e. The van der Waals surface area contributed by atoms with Gasteiger partial charge in [-0.05, 0) is 50.1 Å². The van der Waals surface area contributed by atoms with Gasteiger partial charge in [0.05, 0.1) is 11.3 Å². The summed E-state index contributed by atoms with van der Waals surface area (Å²) in [4.78, 5) is 17.8. The van der Waals surface area contributed by atoms with Crippen molar-refractivity contribution in [3.05, 3.63) is 58.2 Å². The van der Waals surface area contributed by atoms with E-state index >= 15 is 0 Å². The van der Waals surface area contributed by atoms with Crippen LogP contribution in [0.1, 0.15) is 43.1 Å². The molecule has 0 saturated heterocycles. The molecule has 0 aliphatic heterocycles. The maximum Gasteiger partial charge on any atom is 0.250 e. The first-order valence-corrected chi connectivity index (χ1v) is 12.4. The topological polar surface area (TPSA) is 103 Å². The molecule has 31 heavy (non-hydrogen) atoms. The van der Waals surface area contributed by atoms with Crippen LogP contribution in [0.4, 0.5) is 5.82 Å². The number of halogens is 1. The van der Waals surface area contributed by atoms with Gasteiger partial charge in [0.2, 0.25) is 5.91 Å². The zero-order chi connectivity index (χ0) is 23.2. The van der Waals surface area contributed by atoms with E-state index in [1.54, 1.807) is 6.92 Å². The fourth-order valence-electron chi connectivity index (χ4n) is 2.97. The molecular weight excluding hydrogens is 482 g/mol. The van der Waals surface area contributed by atoms with Crippen LogP contribution in [-0.2, 0) is 16.4 Å². The molecule has 2 aromatic rings. The second kappa shape index (κ2) is 10.8. The Morgan fingerprint density at radius 3 is 2.58 bits per heavy atom. The van der Waals surface area contributed by atoms with Gasteiger partial charge in [-0.1, -0.05) is 29.4 Å². The summed E-state index contributed by atoms with van der Waals surface area (Å²) in [5.74, 6) is 0.186. The fourth-order valence-corrected chi connectivity index (χ4v) is 4.90. The SMILES string of the molecule is C=C(C)COc1ccc(Br)cc1CN(CC)c1ncc(C(N)=O)cc1S(=O)(=O)CCC. The zero-order valence-electron chi connectivity index (χ0n) is 18.0. The van der Waals surface area contributed by atoms with E-state index in [9.17, 15) is 13.2 Å². The molecule has 1 heterocycles. The van der Waals surface area contributed by atoms with Crippen LogP contribution >= 0.6 is 15.9 Å². The predicted molar refractivity (Wildman–Crippen MR) is 126 cm³/mol. The number of rotatable bonds is 11. The summed E-state index contributed by atoms with van der Waals surface area (Å²) in [7, 11) is -3.65. The summed E-state index contributed by atoms with van der Waals surface area (Å²) in [6, 6.07) is 6.98. The van der Waals surface area contributed by atoms with E-state index in [1.807, 2.05) is 36.9 Å². The number of primary amides is 1. The number of aromatic nitrogens is 1. The van der Waals surface area contributed by atoms with Crippen LogP contribution < -0.4 is 15.4 Å². The van der Waals surface area contributed by atoms with Gasteiger partial charge in [-0.25, -0.2) is 13.4 Å². The molecule has 0 saturated carbocycles. The van der Waals surface area contributed by atoms with Crippen molar-refractivity contribution in [3.63, 3.8) is 0 Å². The number of benzene rings is 1. The maximum absolute atomic E-state index is 12.9. The molecule has 0 fully saturated rings. The van der Waals surface area contributed by atoms with E-state index in [-0.39, 0.29) is 22.0 Å². The fraction of sp³-hybridized carbons (Fsp3) is 0.364. The number of hydrogen-bond acceptors (Lipinski definition) is 6. The van der Waals surface area contributed by atoms with Gasteiger partial charge in [-0.3, -0.25) is 4.79 Å². The maximum atomic E-state index is 12.9. The van der Waals surface area contributed by atoms with Crippen molar-refractivity contribution in [2.24, 2.45) is 5.73 Å². The van der Waals surface area contributed by atoms with Gasteiger partial charge < -0.3 is 15.4 Å². The minimum atomic E-state index is -3.65. The van der Waals surface area contributed by atoms with Crippen LogP contribution in [0.25, 0.3) is 0 Å². The van der Waals surface area contributed by atoms with Crippen LogP contribution in [0, 0.1) is 0 Å². The number of anilines is 1. The Bertz CT molecular complexity index is 1070. The van der Waals surface area contributed by atoms with Crippen molar-refractivity contribution < 1.29 is 17.9 Å². The first-order chi connectivity index (χ1) is 14.6. The summed E-state index contributed by atoms with van der Waals surface area (Å²) >= 11 is 3.48. The first kappa shape index (κ1) is 24.9. The lowest BCUT2D eigenvalue weighted by atomic mass is 10.1. The number of sulfone groups is 1. The Balaban J connectivity index is 2.53. The Labute approximate surface area is 192 Å². The molecule has 1 aromatic carbocycles. The van der Waals surface area contributed by atoms with Gasteiger partial charge in [0, 0.05) is 29.3 Å². The lowest BCUT2D eigenvalue weighted by Crippen LogP contribution is -2.27. The molecule has 7 nitrogen and oxygen atoms in total. The van der Waals surface area contributed by atoms with Crippen LogP contribution in [0.2, 0.25) is 0 Å². The molecule has 2 N–H and O–H groups in total. The van der Waals surface area contributed by atoms with Crippen molar-refractivity contribution in [1.29, 1.82) is 0 Å². The predicted octanol–water partition coefficient (Wildman–Crippen LogP) is 4.11. The van der Waals surface area contributed by atoms with Crippen molar-refractivity contribution >= 4 is 37.5 Å². The average Bonchev–Trinajstić information content (AvgIpc) is 2.70. The van der Waals surface area contributed by atoms with E-state index < -0.39 is 15.7 Å². The number of carbonyl (C=O) groups excluding carboxylic acids is 1. The van der Waals surface area contributed by atoms with Gasteiger partial charge in [0.25, 0.3) is 0 Å². The molecule has 0 unspecified atom stereocenters. The van der Waals surface area contributed by atoms with E-state index in [0.717, 1.165) is 15.6 Å². The Morgan fingerprint density at radius 1 is 1.29 bits per heavy atom. The third-order valence-corrected chi connectivity index (χ3v) is 6.87. The van der Waals surface area contributed by atoms with Gasteiger partial charge in [-0.2, -0.15) is 0 Å². The summed E-state index contributed by atoms with van der Waals surface area (Å²) in [6.45, 7) is 10.7. The first-order valence-electron chi connectivity index (χ1n) is 9.92. The molecule has 0 radical (unpaired) electrons. The van der Waals surface area contributed by atoms with Gasteiger partial charge in [0.15, 0.2) is 9.84 Å². The number of carbonyl (C=O) groups is 1. The second-order valence-electron chi connectivity index (χ2n) is 7.24. The molecule has 9 heteroatoms. The molecule has 2 rings (SSSR count). The summed E-state index contributed by atoms with van der Waals surface area (Å²) in [5.41, 5.74) is 7.16. The number of pyridine rings is 1. The summed E-state index contributed by atoms with van der Waals surface area (Å²) < 4.78 is 32.6. The molecule has 0 atom stereocenters. The summed E-state index contributed by atoms with van der Waals surface area (Å²) in [6.07, 6.45) is 1.75. The molecule has 1 aromatic heterocycles. The Hall–Kier alpha value is -2.39. The van der Waals surface area contributed by atoms with Gasteiger partial charge in [0.1, 0.15) is 23.1 Å².